The molecular formula is C18H24F3N3O3. The van der Waals surface area contributed by atoms with Crippen molar-refractivity contribution in [2.75, 3.05) is 25.0 Å². The van der Waals surface area contributed by atoms with Crippen molar-refractivity contribution < 1.29 is 27.6 Å². The molecule has 0 saturated heterocycles. The quantitative estimate of drug-likeness (QED) is 0.788. The Labute approximate surface area is 156 Å². The summed E-state index contributed by atoms with van der Waals surface area (Å²) in [6.07, 6.45) is -4.61. The third kappa shape index (κ3) is 6.92. The Morgan fingerprint density at radius 1 is 1.07 bits per heavy atom. The number of hydrogen-bond acceptors (Lipinski definition) is 3. The molecule has 1 rings (SSSR count). The van der Waals surface area contributed by atoms with E-state index in [2.05, 4.69) is 10.6 Å². The molecule has 0 saturated carbocycles. The molecule has 0 radical (unpaired) electrons. The van der Waals surface area contributed by atoms with Crippen molar-refractivity contribution in [1.29, 1.82) is 0 Å². The third-order valence-electron chi connectivity index (χ3n) is 3.66. The Bertz CT molecular complexity index is 697. The average molecular weight is 387 g/mol. The molecule has 0 spiro atoms. The van der Waals surface area contributed by atoms with Crippen molar-refractivity contribution in [2.24, 2.45) is 5.41 Å². The summed E-state index contributed by atoms with van der Waals surface area (Å²) in [7, 11) is 0. The molecular weight excluding hydrogens is 363 g/mol. The lowest BCUT2D eigenvalue weighted by Gasteiger charge is -2.23. The maximum atomic E-state index is 13.0. The molecule has 0 heterocycles. The first-order chi connectivity index (χ1) is 12.4. The van der Waals surface area contributed by atoms with Crippen LogP contribution in [0, 0.1) is 5.41 Å². The van der Waals surface area contributed by atoms with Crippen LogP contribution in [-0.2, 0) is 20.6 Å². The lowest BCUT2D eigenvalue weighted by molar-refractivity contribution is -0.137. The van der Waals surface area contributed by atoms with E-state index in [1.165, 1.54) is 12.1 Å². The highest BCUT2D eigenvalue weighted by Crippen LogP contribution is 2.34. The second-order valence-electron chi connectivity index (χ2n) is 6.93. The van der Waals surface area contributed by atoms with E-state index in [-0.39, 0.29) is 24.7 Å². The van der Waals surface area contributed by atoms with E-state index in [0.717, 1.165) is 17.0 Å². The fraction of sp³-hybridized carbons (Fsp3) is 0.500. The molecule has 0 aliphatic heterocycles. The number of halogens is 3. The van der Waals surface area contributed by atoms with Gasteiger partial charge in [-0.15, -0.1) is 0 Å². The number of rotatable bonds is 6. The molecule has 0 atom stereocenters. The number of nitrogens with zero attached hydrogens (tertiary/aromatic N) is 1. The van der Waals surface area contributed by atoms with Crippen molar-refractivity contribution in [3.05, 3.63) is 29.8 Å². The monoisotopic (exact) mass is 387 g/mol. The van der Waals surface area contributed by atoms with Crippen LogP contribution in [0.25, 0.3) is 0 Å². The minimum absolute atomic E-state index is 0.165. The summed E-state index contributed by atoms with van der Waals surface area (Å²) in [5.41, 5.74) is -2.01. The molecule has 6 nitrogen and oxygen atoms in total. The predicted octanol–water partition coefficient (Wildman–Crippen LogP) is 2.65. The molecule has 0 aromatic heterocycles. The molecule has 3 amide bonds. The van der Waals surface area contributed by atoms with Gasteiger partial charge in [0.15, 0.2) is 0 Å². The number of alkyl halides is 3. The highest BCUT2D eigenvalue weighted by molar-refractivity contribution is 5.96. The van der Waals surface area contributed by atoms with E-state index in [0.29, 0.717) is 0 Å². The minimum atomic E-state index is -4.61. The summed E-state index contributed by atoms with van der Waals surface area (Å²) in [4.78, 5) is 37.2. The van der Waals surface area contributed by atoms with Gasteiger partial charge in [-0.1, -0.05) is 32.9 Å². The highest BCUT2D eigenvalue weighted by atomic mass is 19.4. The van der Waals surface area contributed by atoms with Gasteiger partial charge >= 0.3 is 6.18 Å². The van der Waals surface area contributed by atoms with Crippen LogP contribution in [0.4, 0.5) is 18.9 Å². The molecule has 1 aromatic carbocycles. The number of hydrogen-bond donors (Lipinski definition) is 2. The Morgan fingerprint density at radius 2 is 1.67 bits per heavy atom. The van der Waals surface area contributed by atoms with Gasteiger partial charge in [-0.25, -0.2) is 0 Å². The lowest BCUT2D eigenvalue weighted by Crippen LogP contribution is -2.45. The summed E-state index contributed by atoms with van der Waals surface area (Å²) in [5.74, 6) is -1.59. The van der Waals surface area contributed by atoms with E-state index >= 15 is 0 Å². The molecule has 9 heteroatoms. The van der Waals surface area contributed by atoms with Crippen molar-refractivity contribution in [2.45, 2.75) is 33.9 Å². The van der Waals surface area contributed by atoms with E-state index in [4.69, 9.17) is 0 Å². The van der Waals surface area contributed by atoms with Crippen LogP contribution < -0.4 is 10.6 Å². The number of likely N-dealkylation sites (N-methyl/N-ethyl adjacent to an activating group) is 1. The summed E-state index contributed by atoms with van der Waals surface area (Å²) in [6, 6.07) is 4.59. The maximum Gasteiger partial charge on any atom is 0.418 e. The first-order valence-corrected chi connectivity index (χ1v) is 8.38. The fourth-order valence-electron chi connectivity index (χ4n) is 2.11. The van der Waals surface area contributed by atoms with Crippen LogP contribution in [0.15, 0.2) is 24.3 Å². The molecule has 1 aromatic rings. The van der Waals surface area contributed by atoms with Crippen LogP contribution >= 0.6 is 0 Å². The van der Waals surface area contributed by atoms with E-state index in [9.17, 15) is 27.6 Å². The number of para-hydroxylation sites is 1. The van der Waals surface area contributed by atoms with E-state index in [1.54, 1.807) is 27.7 Å². The Hall–Kier alpha value is -2.58. The Kier molecular flexibility index (Phi) is 7.38. The minimum Gasteiger partial charge on any atom is -0.347 e. The molecule has 27 heavy (non-hydrogen) atoms. The van der Waals surface area contributed by atoms with Gasteiger partial charge in [-0.3, -0.25) is 14.4 Å². The molecule has 0 bridgehead atoms. The molecule has 0 unspecified atom stereocenters. The Balaban J connectivity index is 2.72. The third-order valence-corrected chi connectivity index (χ3v) is 3.66. The summed E-state index contributed by atoms with van der Waals surface area (Å²) >= 11 is 0. The van der Waals surface area contributed by atoms with Crippen LogP contribution in [0.3, 0.4) is 0 Å². The fourth-order valence-corrected chi connectivity index (χ4v) is 2.11. The predicted molar refractivity (Wildman–Crippen MR) is 94.8 cm³/mol. The topological polar surface area (TPSA) is 78.5 Å². The van der Waals surface area contributed by atoms with Gasteiger partial charge in [-0.05, 0) is 19.1 Å². The van der Waals surface area contributed by atoms with E-state index in [1.807, 2.05) is 0 Å². The summed E-state index contributed by atoms with van der Waals surface area (Å²) < 4.78 is 38.9. The second kappa shape index (κ2) is 8.88. The maximum absolute atomic E-state index is 13.0. The number of benzene rings is 1. The normalized spacial score (nSPS) is 11.7. The van der Waals surface area contributed by atoms with Gasteiger partial charge < -0.3 is 15.5 Å². The second-order valence-corrected chi connectivity index (χ2v) is 6.93. The van der Waals surface area contributed by atoms with Gasteiger partial charge in [0, 0.05) is 12.0 Å². The lowest BCUT2D eigenvalue weighted by atomic mass is 9.96. The molecule has 0 aliphatic rings. The van der Waals surface area contributed by atoms with Crippen molar-refractivity contribution in [1.82, 2.24) is 10.2 Å². The zero-order valence-electron chi connectivity index (χ0n) is 15.7. The SMILES string of the molecule is CCN(CC(=O)Nc1ccccc1C(F)(F)F)C(=O)CNC(=O)C(C)(C)C. The molecule has 2 N–H and O–H groups in total. The van der Waals surface area contributed by atoms with Crippen molar-refractivity contribution in [3.63, 3.8) is 0 Å². The number of anilines is 1. The summed E-state index contributed by atoms with van der Waals surface area (Å²) in [6.45, 7) is 6.14. The standard InChI is InChI=1S/C18H24F3N3O3/c1-5-24(15(26)10-22-16(27)17(2,3)4)11-14(25)23-13-9-7-6-8-12(13)18(19,20)21/h6-9H,5,10-11H2,1-4H3,(H,22,27)(H,23,25). The molecule has 0 aliphatic carbocycles. The van der Waals surface area contributed by atoms with Crippen LogP contribution in [0.1, 0.15) is 33.3 Å². The van der Waals surface area contributed by atoms with E-state index < -0.39 is 35.5 Å². The van der Waals surface area contributed by atoms with Gasteiger partial charge in [-0.2, -0.15) is 13.2 Å². The molecule has 150 valence electrons. The zero-order chi connectivity index (χ0) is 20.8. The summed E-state index contributed by atoms with van der Waals surface area (Å²) in [5, 5.41) is 4.66. The van der Waals surface area contributed by atoms with Crippen LogP contribution in [0.2, 0.25) is 0 Å². The Morgan fingerprint density at radius 3 is 2.19 bits per heavy atom. The largest absolute Gasteiger partial charge is 0.418 e. The highest BCUT2D eigenvalue weighted by Gasteiger charge is 2.33. The van der Waals surface area contributed by atoms with Crippen molar-refractivity contribution in [3.8, 4) is 0 Å². The van der Waals surface area contributed by atoms with Crippen molar-refractivity contribution >= 4 is 23.4 Å². The van der Waals surface area contributed by atoms with Crippen LogP contribution in [0.5, 0.6) is 0 Å². The van der Waals surface area contributed by atoms with Gasteiger partial charge in [0.05, 0.1) is 24.3 Å². The number of amides is 3. The smallest absolute Gasteiger partial charge is 0.347 e. The average Bonchev–Trinajstić information content (AvgIpc) is 2.55. The van der Waals surface area contributed by atoms with Gasteiger partial charge in [0.1, 0.15) is 0 Å². The number of nitrogens with one attached hydrogen (secondary N) is 2. The first kappa shape index (κ1) is 22.5. The number of carbonyl (C=O) groups excluding carboxylic acids is 3. The zero-order valence-corrected chi connectivity index (χ0v) is 15.7. The van der Waals surface area contributed by atoms with Gasteiger partial charge in [0.25, 0.3) is 0 Å². The van der Waals surface area contributed by atoms with Gasteiger partial charge in [0.2, 0.25) is 17.7 Å². The van der Waals surface area contributed by atoms with Crippen LogP contribution in [-0.4, -0.2) is 42.3 Å². The molecule has 0 fully saturated rings. The number of carbonyl (C=O) groups is 3. The first-order valence-electron chi connectivity index (χ1n) is 8.38.